The lowest BCUT2D eigenvalue weighted by molar-refractivity contribution is -0.140. The number of thiol groups is 1. The molecule has 0 fully saturated rings. The zero-order chi connectivity index (χ0) is 14.0. The first kappa shape index (κ1) is 17.5. The van der Waals surface area contributed by atoms with Crippen molar-refractivity contribution >= 4 is 46.1 Å². The van der Waals surface area contributed by atoms with Crippen molar-refractivity contribution in [1.29, 1.82) is 0 Å². The van der Waals surface area contributed by atoms with Gasteiger partial charge in [0.15, 0.2) is 0 Å². The predicted molar refractivity (Wildman–Crippen MR) is 86.3 cm³/mol. The molecule has 18 heavy (non-hydrogen) atoms. The maximum absolute atomic E-state index is 11.5. The van der Waals surface area contributed by atoms with Crippen LogP contribution in [0.3, 0.4) is 0 Å². The molecule has 1 atom stereocenters. The first-order valence-corrected chi connectivity index (χ1v) is 7.32. The lowest BCUT2D eigenvalue weighted by atomic mass is 10.1. The summed E-state index contributed by atoms with van der Waals surface area (Å²) in [5.41, 5.74) is 0.866. The van der Waals surface area contributed by atoms with E-state index in [1.165, 1.54) is 25.3 Å². The van der Waals surface area contributed by atoms with Gasteiger partial charge in [-0.05, 0) is 5.56 Å². The van der Waals surface area contributed by atoms with Gasteiger partial charge in [-0.3, -0.25) is 4.79 Å². The molecule has 2 nitrogen and oxygen atoms in total. The number of rotatable bonds is 3. The fourth-order valence-corrected chi connectivity index (χ4v) is 2.38. The van der Waals surface area contributed by atoms with Crippen LogP contribution in [-0.4, -0.2) is 16.6 Å². The van der Waals surface area contributed by atoms with E-state index in [4.69, 9.17) is 17.0 Å². The van der Waals surface area contributed by atoms with Gasteiger partial charge in [-0.1, -0.05) is 74.6 Å². The third-order valence-corrected chi connectivity index (χ3v) is 3.24. The Bertz CT molecular complexity index is 366. The minimum atomic E-state index is -0.429. The molecule has 0 aromatic heterocycles. The van der Waals surface area contributed by atoms with Gasteiger partial charge in [0.1, 0.15) is 8.78 Å². The average Bonchev–Trinajstić information content (AvgIpc) is 2.37. The van der Waals surface area contributed by atoms with E-state index in [1.807, 2.05) is 30.3 Å². The van der Waals surface area contributed by atoms with Crippen molar-refractivity contribution in [3.05, 3.63) is 35.9 Å². The van der Waals surface area contributed by atoms with E-state index in [1.54, 1.807) is 0 Å². The van der Waals surface area contributed by atoms with E-state index in [0.717, 1.165) is 5.56 Å². The van der Waals surface area contributed by atoms with Crippen molar-refractivity contribution in [3.8, 4) is 0 Å². The van der Waals surface area contributed by atoms with Crippen LogP contribution in [0.5, 0.6) is 0 Å². The van der Waals surface area contributed by atoms with Crippen molar-refractivity contribution in [2.24, 2.45) is 0 Å². The molecule has 1 unspecified atom stereocenters. The van der Waals surface area contributed by atoms with E-state index < -0.39 is 5.25 Å². The first-order chi connectivity index (χ1) is 8.56. The highest BCUT2D eigenvalue weighted by atomic mass is 32.2. The maximum Gasteiger partial charge on any atom is 0.323 e. The van der Waals surface area contributed by atoms with Crippen LogP contribution >= 0.6 is 36.6 Å². The van der Waals surface area contributed by atoms with Gasteiger partial charge in [0, 0.05) is 0 Å². The van der Waals surface area contributed by atoms with Crippen LogP contribution in [0.15, 0.2) is 30.3 Å². The monoisotopic (exact) mass is 302 g/mol. The lowest BCUT2D eigenvalue weighted by Gasteiger charge is -2.12. The Morgan fingerprint density at radius 2 is 1.89 bits per heavy atom. The number of hydrogen-bond acceptors (Lipinski definition) is 4. The summed E-state index contributed by atoms with van der Waals surface area (Å²) in [6.45, 7) is 4.25. The zero-order valence-electron chi connectivity index (χ0n) is 10.8. The molecular weight excluding hydrogens is 284 g/mol. The largest absolute Gasteiger partial charge is 0.468 e. The minimum Gasteiger partial charge on any atom is -0.468 e. The second-order valence-corrected chi connectivity index (χ2v) is 6.24. The van der Waals surface area contributed by atoms with Gasteiger partial charge in [0.25, 0.3) is 0 Å². The van der Waals surface area contributed by atoms with Gasteiger partial charge in [-0.15, -0.1) is 12.6 Å². The molecule has 0 aliphatic heterocycles. The molecule has 0 aliphatic rings. The lowest BCUT2D eigenvalue weighted by Crippen LogP contribution is -2.11. The Hall–Kier alpha value is -0.520. The highest BCUT2D eigenvalue weighted by Crippen LogP contribution is 2.31. The molecule has 0 saturated heterocycles. The number of esters is 1. The molecule has 1 aromatic rings. The third kappa shape index (κ3) is 7.03. The van der Waals surface area contributed by atoms with Gasteiger partial charge in [-0.25, -0.2) is 0 Å². The zero-order valence-corrected chi connectivity index (χ0v) is 13.3. The molecule has 0 amide bonds. The van der Waals surface area contributed by atoms with Crippen LogP contribution in [0.4, 0.5) is 0 Å². The predicted octanol–water partition coefficient (Wildman–Crippen LogP) is 4.26. The van der Waals surface area contributed by atoms with Crippen molar-refractivity contribution in [1.82, 2.24) is 0 Å². The standard InChI is InChI=1S/C10H10O2S3.C3H8/c1-12-9(11)8(15-10(13)14)7-5-3-2-4-6-7;1-3-2/h2-6,8H,1H3,(H,13,14);3H2,1-2H3. The SMILES string of the molecule is CCC.COC(=O)C(SC(=S)S)c1ccccc1. The summed E-state index contributed by atoms with van der Waals surface area (Å²) >= 11 is 10.1. The van der Waals surface area contributed by atoms with Crippen LogP contribution < -0.4 is 0 Å². The number of benzene rings is 1. The summed E-state index contributed by atoms with van der Waals surface area (Å²) in [6, 6.07) is 9.35. The molecule has 100 valence electrons. The van der Waals surface area contributed by atoms with Crippen LogP contribution in [0.2, 0.25) is 0 Å². The topological polar surface area (TPSA) is 26.3 Å². The van der Waals surface area contributed by atoms with Gasteiger partial charge in [0.05, 0.1) is 7.11 Å². The van der Waals surface area contributed by atoms with E-state index in [-0.39, 0.29) is 5.97 Å². The molecule has 0 heterocycles. The Kier molecular flexibility index (Phi) is 10.1. The van der Waals surface area contributed by atoms with E-state index in [2.05, 4.69) is 26.5 Å². The van der Waals surface area contributed by atoms with E-state index >= 15 is 0 Å². The molecule has 0 aliphatic carbocycles. The van der Waals surface area contributed by atoms with Gasteiger partial charge in [0.2, 0.25) is 0 Å². The highest BCUT2D eigenvalue weighted by molar-refractivity contribution is 8.41. The second-order valence-electron chi connectivity index (χ2n) is 3.40. The number of ether oxygens (including phenoxy) is 1. The molecule has 0 radical (unpaired) electrons. The Balaban J connectivity index is 0.000000873. The summed E-state index contributed by atoms with van der Waals surface area (Å²) in [6.07, 6.45) is 1.25. The van der Waals surface area contributed by atoms with Crippen molar-refractivity contribution in [3.63, 3.8) is 0 Å². The van der Waals surface area contributed by atoms with Gasteiger partial charge in [-0.2, -0.15) is 0 Å². The fraction of sp³-hybridized carbons (Fsp3) is 0.385. The van der Waals surface area contributed by atoms with Crippen LogP contribution in [0.1, 0.15) is 31.1 Å². The summed E-state index contributed by atoms with van der Waals surface area (Å²) in [5.74, 6) is -0.317. The molecule has 0 saturated carbocycles. The molecule has 0 N–H and O–H groups in total. The fourth-order valence-electron chi connectivity index (χ4n) is 1.09. The molecule has 5 heteroatoms. The smallest absolute Gasteiger partial charge is 0.323 e. The number of methoxy groups -OCH3 is 1. The Morgan fingerprint density at radius 1 is 1.39 bits per heavy atom. The quantitative estimate of drug-likeness (QED) is 0.512. The molecular formula is C13H18O2S3. The Labute approximate surface area is 124 Å². The Morgan fingerprint density at radius 3 is 2.28 bits per heavy atom. The van der Waals surface area contributed by atoms with Crippen LogP contribution in [0, 0.1) is 0 Å². The number of thiocarbonyl (C=S) groups is 1. The molecule has 0 spiro atoms. The summed E-state index contributed by atoms with van der Waals surface area (Å²) in [4.78, 5) is 11.5. The average molecular weight is 302 g/mol. The van der Waals surface area contributed by atoms with Crippen molar-refractivity contribution in [2.75, 3.05) is 7.11 Å². The van der Waals surface area contributed by atoms with Crippen molar-refractivity contribution < 1.29 is 9.53 Å². The molecule has 1 aromatic carbocycles. The minimum absolute atomic E-state index is 0.317. The normalized spacial score (nSPS) is 10.9. The highest BCUT2D eigenvalue weighted by Gasteiger charge is 2.22. The first-order valence-electron chi connectivity index (χ1n) is 5.59. The van der Waals surface area contributed by atoms with Gasteiger partial charge < -0.3 is 4.74 Å². The maximum atomic E-state index is 11.5. The number of carbonyl (C=O) groups excluding carboxylic acids is 1. The summed E-state index contributed by atoms with van der Waals surface area (Å²) in [5, 5.41) is -0.429. The van der Waals surface area contributed by atoms with E-state index in [0.29, 0.717) is 3.53 Å². The summed E-state index contributed by atoms with van der Waals surface area (Å²) < 4.78 is 5.14. The van der Waals surface area contributed by atoms with Gasteiger partial charge >= 0.3 is 5.97 Å². The molecule has 1 rings (SSSR count). The second kappa shape index (κ2) is 10.4. The number of hydrogen-bond donors (Lipinski definition) is 1. The van der Waals surface area contributed by atoms with Crippen molar-refractivity contribution in [2.45, 2.75) is 25.5 Å². The third-order valence-electron chi connectivity index (χ3n) is 1.74. The summed E-state index contributed by atoms with van der Waals surface area (Å²) in [7, 11) is 1.36. The van der Waals surface area contributed by atoms with Crippen LogP contribution in [-0.2, 0) is 9.53 Å². The molecule has 0 bridgehead atoms. The number of carbonyl (C=O) groups is 1. The van der Waals surface area contributed by atoms with Crippen LogP contribution in [0.25, 0.3) is 0 Å². The number of thioether (sulfide) groups is 1. The van der Waals surface area contributed by atoms with E-state index in [9.17, 15) is 4.79 Å².